The standard InChI is InChI=1S/C28H28N6O/c1-28(2,3)22-11-9-20(10-12-22)27(35)30-15-18-5-7-19(8-6-18)23-13-14-29-26-24(23)32-25(33-26)21-16-31-34(4)17-21/h5-14,16-17H,15H2,1-4H3,(H,30,35)(H,29,32,33). The van der Waals surface area contributed by atoms with Gasteiger partial charge in [0.1, 0.15) is 5.82 Å². The maximum atomic E-state index is 12.6. The first-order valence-electron chi connectivity index (χ1n) is 11.6. The smallest absolute Gasteiger partial charge is 0.251 e. The van der Waals surface area contributed by atoms with Crippen LogP contribution < -0.4 is 5.32 Å². The molecule has 5 aromatic rings. The van der Waals surface area contributed by atoms with E-state index in [4.69, 9.17) is 0 Å². The van der Waals surface area contributed by atoms with Crippen molar-refractivity contribution in [3.05, 3.63) is 89.9 Å². The lowest BCUT2D eigenvalue weighted by molar-refractivity contribution is 0.0951. The molecule has 176 valence electrons. The summed E-state index contributed by atoms with van der Waals surface area (Å²) in [6.07, 6.45) is 5.46. The fourth-order valence-electron chi connectivity index (χ4n) is 4.04. The second kappa shape index (κ2) is 8.83. The molecule has 0 radical (unpaired) electrons. The lowest BCUT2D eigenvalue weighted by Crippen LogP contribution is -2.23. The van der Waals surface area contributed by atoms with E-state index in [2.05, 4.69) is 58.3 Å². The minimum absolute atomic E-state index is 0.0631. The first-order valence-corrected chi connectivity index (χ1v) is 11.6. The number of carbonyl (C=O) groups is 1. The molecule has 0 aliphatic carbocycles. The van der Waals surface area contributed by atoms with Gasteiger partial charge in [0.15, 0.2) is 5.65 Å². The van der Waals surface area contributed by atoms with Crippen LogP contribution in [0.5, 0.6) is 0 Å². The quantitative estimate of drug-likeness (QED) is 0.372. The number of pyridine rings is 1. The zero-order valence-corrected chi connectivity index (χ0v) is 20.3. The summed E-state index contributed by atoms with van der Waals surface area (Å²) < 4.78 is 1.75. The summed E-state index contributed by atoms with van der Waals surface area (Å²) in [7, 11) is 1.88. The summed E-state index contributed by atoms with van der Waals surface area (Å²) in [5.74, 6) is 0.661. The number of aromatic nitrogens is 5. The molecule has 0 aliphatic heterocycles. The summed E-state index contributed by atoms with van der Waals surface area (Å²) in [4.78, 5) is 25.0. The van der Waals surface area contributed by atoms with Crippen molar-refractivity contribution in [2.75, 3.05) is 0 Å². The Labute approximate surface area is 204 Å². The Morgan fingerprint density at radius 2 is 1.74 bits per heavy atom. The summed E-state index contributed by atoms with van der Waals surface area (Å²) >= 11 is 0. The number of rotatable bonds is 5. The van der Waals surface area contributed by atoms with Gasteiger partial charge in [-0.25, -0.2) is 9.97 Å². The Bertz CT molecular complexity index is 1490. The van der Waals surface area contributed by atoms with E-state index in [0.29, 0.717) is 17.8 Å². The van der Waals surface area contributed by atoms with Crippen molar-refractivity contribution >= 4 is 17.1 Å². The number of fused-ring (bicyclic) bond motifs is 1. The molecule has 0 spiro atoms. The Hall–Kier alpha value is -4.26. The first-order chi connectivity index (χ1) is 16.8. The number of nitrogens with zero attached hydrogens (tertiary/aromatic N) is 4. The van der Waals surface area contributed by atoms with E-state index >= 15 is 0 Å². The lowest BCUT2D eigenvalue weighted by atomic mass is 9.87. The molecule has 0 unspecified atom stereocenters. The van der Waals surface area contributed by atoms with E-state index in [1.54, 1.807) is 17.1 Å². The maximum absolute atomic E-state index is 12.6. The third-order valence-corrected chi connectivity index (χ3v) is 6.10. The number of carbonyl (C=O) groups excluding carboxylic acids is 1. The molecule has 0 bridgehead atoms. The number of hydrogen-bond acceptors (Lipinski definition) is 4. The number of nitrogens with one attached hydrogen (secondary N) is 2. The summed E-state index contributed by atoms with van der Waals surface area (Å²) in [6, 6.07) is 18.0. The van der Waals surface area contributed by atoms with E-state index in [1.807, 2.05) is 55.7 Å². The molecular formula is C28H28N6O. The highest BCUT2D eigenvalue weighted by molar-refractivity contribution is 5.94. The molecule has 0 saturated heterocycles. The van der Waals surface area contributed by atoms with Crippen LogP contribution in [-0.2, 0) is 19.0 Å². The molecule has 2 aromatic carbocycles. The van der Waals surface area contributed by atoms with Crippen LogP contribution in [0, 0.1) is 0 Å². The molecule has 7 heteroatoms. The van der Waals surface area contributed by atoms with Crippen molar-refractivity contribution in [2.24, 2.45) is 7.05 Å². The zero-order chi connectivity index (χ0) is 24.6. The van der Waals surface area contributed by atoms with Gasteiger partial charge < -0.3 is 10.3 Å². The van der Waals surface area contributed by atoms with E-state index in [1.165, 1.54) is 5.56 Å². The van der Waals surface area contributed by atoms with Crippen molar-refractivity contribution in [1.29, 1.82) is 0 Å². The molecule has 0 aliphatic rings. The van der Waals surface area contributed by atoms with Crippen LogP contribution in [0.3, 0.4) is 0 Å². The lowest BCUT2D eigenvalue weighted by Gasteiger charge is -2.19. The van der Waals surface area contributed by atoms with Crippen molar-refractivity contribution in [1.82, 2.24) is 30.0 Å². The molecule has 0 saturated carbocycles. The largest absolute Gasteiger partial charge is 0.348 e. The summed E-state index contributed by atoms with van der Waals surface area (Å²) in [5, 5.41) is 7.24. The highest BCUT2D eigenvalue weighted by Crippen LogP contribution is 2.28. The third kappa shape index (κ3) is 4.71. The van der Waals surface area contributed by atoms with Gasteiger partial charge in [-0.2, -0.15) is 5.10 Å². The Balaban J connectivity index is 1.30. The van der Waals surface area contributed by atoms with Crippen LogP contribution in [-0.4, -0.2) is 30.6 Å². The summed E-state index contributed by atoms with van der Waals surface area (Å²) in [5.41, 5.74) is 7.49. The van der Waals surface area contributed by atoms with Crippen LogP contribution in [0.1, 0.15) is 42.3 Å². The minimum Gasteiger partial charge on any atom is -0.348 e. The summed E-state index contributed by atoms with van der Waals surface area (Å²) in [6.45, 7) is 6.94. The van der Waals surface area contributed by atoms with Crippen LogP contribution in [0.2, 0.25) is 0 Å². The Morgan fingerprint density at radius 3 is 2.40 bits per heavy atom. The fraction of sp³-hybridized carbons (Fsp3) is 0.214. The van der Waals surface area contributed by atoms with Gasteiger partial charge in [-0.3, -0.25) is 9.48 Å². The van der Waals surface area contributed by atoms with E-state index in [-0.39, 0.29) is 11.3 Å². The fourth-order valence-corrected chi connectivity index (χ4v) is 4.04. The SMILES string of the molecule is Cn1cc(-c2nc3nccc(-c4ccc(CNC(=O)c5ccc(C(C)(C)C)cc5)cc4)c3[nH]2)cn1. The van der Waals surface area contributed by atoms with E-state index in [0.717, 1.165) is 33.6 Å². The van der Waals surface area contributed by atoms with Gasteiger partial charge in [-0.05, 0) is 40.3 Å². The highest BCUT2D eigenvalue weighted by atomic mass is 16.1. The van der Waals surface area contributed by atoms with Gasteiger partial charge in [0.05, 0.1) is 17.3 Å². The maximum Gasteiger partial charge on any atom is 0.251 e. The number of amides is 1. The number of aromatic amines is 1. The molecule has 7 nitrogen and oxygen atoms in total. The Kier molecular flexibility index (Phi) is 5.68. The zero-order valence-electron chi connectivity index (χ0n) is 20.3. The second-order valence-electron chi connectivity index (χ2n) is 9.75. The van der Waals surface area contributed by atoms with Crippen molar-refractivity contribution in [2.45, 2.75) is 32.7 Å². The van der Waals surface area contributed by atoms with Gasteiger partial charge in [0.2, 0.25) is 0 Å². The first kappa shape index (κ1) is 22.5. The molecule has 3 aromatic heterocycles. The molecular weight excluding hydrogens is 436 g/mol. The number of imidazole rings is 1. The third-order valence-electron chi connectivity index (χ3n) is 6.10. The molecule has 0 atom stereocenters. The van der Waals surface area contributed by atoms with E-state index in [9.17, 15) is 4.79 Å². The average molecular weight is 465 g/mol. The molecule has 35 heavy (non-hydrogen) atoms. The van der Waals surface area contributed by atoms with Gasteiger partial charge in [-0.15, -0.1) is 0 Å². The van der Waals surface area contributed by atoms with Crippen molar-refractivity contribution in [3.63, 3.8) is 0 Å². The second-order valence-corrected chi connectivity index (χ2v) is 9.75. The Morgan fingerprint density at radius 1 is 1.00 bits per heavy atom. The molecule has 0 fully saturated rings. The molecule has 3 heterocycles. The van der Waals surface area contributed by atoms with Gasteiger partial charge in [0, 0.05) is 37.1 Å². The van der Waals surface area contributed by atoms with Crippen molar-refractivity contribution in [3.8, 4) is 22.5 Å². The predicted molar refractivity (Wildman–Crippen MR) is 138 cm³/mol. The molecule has 1 amide bonds. The van der Waals surface area contributed by atoms with Gasteiger partial charge >= 0.3 is 0 Å². The number of aryl methyl sites for hydroxylation is 1. The number of benzene rings is 2. The van der Waals surface area contributed by atoms with Crippen LogP contribution >= 0.6 is 0 Å². The van der Waals surface area contributed by atoms with Gasteiger partial charge in [-0.1, -0.05) is 57.2 Å². The van der Waals surface area contributed by atoms with Crippen LogP contribution in [0.25, 0.3) is 33.7 Å². The average Bonchev–Trinajstić information content (AvgIpc) is 3.48. The normalized spacial score (nSPS) is 11.7. The van der Waals surface area contributed by atoms with E-state index < -0.39 is 0 Å². The predicted octanol–water partition coefficient (Wildman–Crippen LogP) is 5.25. The topological polar surface area (TPSA) is 88.5 Å². The molecule has 5 rings (SSSR count). The van der Waals surface area contributed by atoms with Crippen molar-refractivity contribution < 1.29 is 4.79 Å². The van der Waals surface area contributed by atoms with Gasteiger partial charge in [0.25, 0.3) is 5.91 Å². The monoisotopic (exact) mass is 464 g/mol. The number of H-pyrrole nitrogens is 1. The van der Waals surface area contributed by atoms with Crippen LogP contribution in [0.15, 0.2) is 73.2 Å². The minimum atomic E-state index is -0.0780. The highest BCUT2D eigenvalue weighted by Gasteiger charge is 2.15. The molecule has 2 N–H and O–H groups in total. The van der Waals surface area contributed by atoms with Crippen LogP contribution in [0.4, 0.5) is 0 Å². The number of hydrogen-bond donors (Lipinski definition) is 2.